The van der Waals surface area contributed by atoms with Crippen LogP contribution in [0.3, 0.4) is 0 Å². The lowest BCUT2D eigenvalue weighted by molar-refractivity contribution is -0.150. The second-order valence-corrected chi connectivity index (χ2v) is 11.7. The molecule has 0 bridgehead atoms. The summed E-state index contributed by atoms with van der Waals surface area (Å²) in [6.45, 7) is 1.96. The molecule has 3 aromatic rings. The molecule has 2 N–H and O–H groups in total. The Balaban J connectivity index is 1.37. The fourth-order valence-electron chi connectivity index (χ4n) is 4.60. The van der Waals surface area contributed by atoms with Gasteiger partial charge in [-0.1, -0.05) is 37.3 Å². The van der Waals surface area contributed by atoms with Gasteiger partial charge in [0.25, 0.3) is 5.91 Å². The zero-order valence-electron chi connectivity index (χ0n) is 21.0. The maximum absolute atomic E-state index is 13.1. The van der Waals surface area contributed by atoms with Crippen LogP contribution in [-0.4, -0.2) is 62.6 Å². The largest absolute Gasteiger partial charge is 0.489 e. The molecule has 0 unspecified atom stereocenters. The highest BCUT2D eigenvalue weighted by Gasteiger charge is 2.56. The zero-order chi connectivity index (χ0) is 27.5. The molecule has 9 nitrogen and oxygen atoms in total. The molecule has 0 saturated carbocycles. The fraction of sp³-hybridized carbons (Fsp3) is 0.286. The van der Waals surface area contributed by atoms with Crippen molar-refractivity contribution in [2.45, 2.75) is 30.0 Å². The molecule has 2 aliphatic heterocycles. The highest BCUT2D eigenvalue weighted by Crippen LogP contribution is 2.45. The topological polar surface area (TPSA) is 126 Å². The van der Waals surface area contributed by atoms with E-state index in [1.165, 1.54) is 22.7 Å². The normalized spacial score (nSPS) is 20.4. The van der Waals surface area contributed by atoms with Crippen molar-refractivity contribution >= 4 is 52.3 Å². The van der Waals surface area contributed by atoms with E-state index in [0.29, 0.717) is 22.7 Å². The monoisotopic (exact) mass is 566 g/mol. The van der Waals surface area contributed by atoms with E-state index in [0.717, 1.165) is 16.7 Å². The molecule has 0 spiro atoms. The molecule has 202 valence electrons. The predicted octanol–water partition coefficient (Wildman–Crippen LogP) is 3.27. The molecule has 5 rings (SSSR count). The molecule has 0 aliphatic carbocycles. The third-order valence-electron chi connectivity index (χ3n) is 6.47. The quantitative estimate of drug-likeness (QED) is 0.281. The van der Waals surface area contributed by atoms with Gasteiger partial charge in [0.05, 0.1) is 6.42 Å². The second kappa shape index (κ2) is 11.6. The molecule has 3 atom stereocenters. The number of ether oxygens (including phenoxy) is 1. The Morgan fingerprint density at radius 3 is 2.64 bits per heavy atom. The van der Waals surface area contributed by atoms with Crippen LogP contribution in [0.4, 0.5) is 0 Å². The van der Waals surface area contributed by atoms with Crippen molar-refractivity contribution in [3.63, 3.8) is 0 Å². The van der Waals surface area contributed by atoms with Crippen LogP contribution in [0.25, 0.3) is 11.0 Å². The minimum Gasteiger partial charge on any atom is -0.489 e. The molecule has 1 fully saturated rings. The Kier molecular flexibility index (Phi) is 7.99. The molecule has 2 aromatic carbocycles. The molecule has 3 heterocycles. The molecule has 39 heavy (non-hydrogen) atoms. The van der Waals surface area contributed by atoms with E-state index in [4.69, 9.17) is 9.15 Å². The SMILES string of the molecule is CCSC[C@H]1S[C@@H]2[C@H](NC(=O)Cc3ccccc3)C(=O)N2C(C(=O)O)=C1COc1ccc2ccc(=O)oc2c1. The summed E-state index contributed by atoms with van der Waals surface area (Å²) in [5, 5.41) is 12.9. The van der Waals surface area contributed by atoms with Gasteiger partial charge in [-0.3, -0.25) is 14.5 Å². The first-order valence-electron chi connectivity index (χ1n) is 12.4. The van der Waals surface area contributed by atoms with E-state index in [1.54, 1.807) is 36.0 Å². The van der Waals surface area contributed by atoms with E-state index in [2.05, 4.69) is 5.32 Å². The van der Waals surface area contributed by atoms with Crippen molar-refractivity contribution in [1.82, 2.24) is 10.2 Å². The maximum Gasteiger partial charge on any atom is 0.352 e. The average molecular weight is 567 g/mol. The minimum atomic E-state index is -1.22. The number of carbonyl (C=O) groups excluding carboxylic acids is 2. The Bertz CT molecular complexity index is 1500. The van der Waals surface area contributed by atoms with Crippen LogP contribution >= 0.6 is 23.5 Å². The summed E-state index contributed by atoms with van der Waals surface area (Å²) in [5.74, 6) is -0.120. The number of aliphatic carboxylic acids is 1. The van der Waals surface area contributed by atoms with Gasteiger partial charge in [0.15, 0.2) is 0 Å². The van der Waals surface area contributed by atoms with Crippen LogP contribution in [0.15, 0.2) is 81.1 Å². The first kappa shape index (κ1) is 26.9. The fourth-order valence-corrected chi connectivity index (χ4v) is 7.20. The van der Waals surface area contributed by atoms with Gasteiger partial charge in [-0.15, -0.1) is 11.8 Å². The van der Waals surface area contributed by atoms with Crippen molar-refractivity contribution in [2.75, 3.05) is 18.1 Å². The number of fused-ring (bicyclic) bond motifs is 2. The Labute approximate surface area is 232 Å². The number of carboxylic acids is 1. The van der Waals surface area contributed by atoms with Crippen LogP contribution in [0.5, 0.6) is 5.75 Å². The standard InChI is InChI=1S/C28H26N2O7S2/c1-2-38-15-21-19(14-36-18-10-8-17-9-11-23(32)37-20(17)13-18)25(28(34)35)30-26(33)24(27(30)39-21)29-22(31)12-16-6-4-3-5-7-16/h3-11,13,21,24,27H,2,12,14-15H2,1H3,(H,29,31)(H,34,35)/t21-,24-,27-/m1/s1. The number of β-lactam (4-membered cyclic amide) rings is 1. The first-order chi connectivity index (χ1) is 18.9. The summed E-state index contributed by atoms with van der Waals surface area (Å²) < 4.78 is 11.2. The Morgan fingerprint density at radius 1 is 1.13 bits per heavy atom. The second-order valence-electron chi connectivity index (χ2n) is 9.01. The molecular weight excluding hydrogens is 540 g/mol. The van der Waals surface area contributed by atoms with E-state index in [-0.39, 0.29) is 29.9 Å². The maximum atomic E-state index is 13.1. The Hall–Kier alpha value is -3.70. The van der Waals surface area contributed by atoms with E-state index in [1.807, 2.05) is 37.3 Å². The average Bonchev–Trinajstić information content (AvgIpc) is 2.93. The molecular formula is C28H26N2O7S2. The van der Waals surface area contributed by atoms with Crippen LogP contribution in [0.2, 0.25) is 0 Å². The summed E-state index contributed by atoms with van der Waals surface area (Å²) in [4.78, 5) is 51.1. The van der Waals surface area contributed by atoms with Crippen molar-refractivity contribution in [1.29, 1.82) is 0 Å². The summed E-state index contributed by atoms with van der Waals surface area (Å²) in [6.07, 6.45) is 0.129. The van der Waals surface area contributed by atoms with Crippen molar-refractivity contribution < 1.29 is 28.6 Å². The van der Waals surface area contributed by atoms with E-state index < -0.39 is 28.9 Å². The van der Waals surface area contributed by atoms with E-state index >= 15 is 0 Å². The molecule has 0 radical (unpaired) electrons. The van der Waals surface area contributed by atoms with Crippen LogP contribution in [-0.2, 0) is 20.8 Å². The van der Waals surface area contributed by atoms with Gasteiger partial charge >= 0.3 is 11.6 Å². The molecule has 2 aliphatic rings. The van der Waals surface area contributed by atoms with Crippen molar-refractivity contribution in [3.05, 3.63) is 87.9 Å². The number of hydrogen-bond acceptors (Lipinski definition) is 8. The number of rotatable bonds is 10. The smallest absolute Gasteiger partial charge is 0.352 e. The lowest BCUT2D eigenvalue weighted by atomic mass is 10.0. The molecule has 11 heteroatoms. The number of amides is 2. The Morgan fingerprint density at radius 2 is 1.90 bits per heavy atom. The highest BCUT2D eigenvalue weighted by molar-refractivity contribution is 8.04. The van der Waals surface area contributed by atoms with Gasteiger partial charge in [0.1, 0.15) is 35.1 Å². The number of nitrogens with zero attached hydrogens (tertiary/aromatic N) is 1. The molecule has 1 aromatic heterocycles. The first-order valence-corrected chi connectivity index (χ1v) is 14.5. The summed E-state index contributed by atoms with van der Waals surface area (Å²) in [5.41, 5.74) is 1.08. The third-order valence-corrected chi connectivity index (χ3v) is 9.20. The number of benzene rings is 2. The van der Waals surface area contributed by atoms with Gasteiger partial charge in [0.2, 0.25) is 5.91 Å². The lowest BCUT2D eigenvalue weighted by Gasteiger charge is -2.51. The van der Waals surface area contributed by atoms with Gasteiger partial charge in [-0.2, -0.15) is 11.8 Å². The molecule has 2 amide bonds. The van der Waals surface area contributed by atoms with Crippen LogP contribution in [0, 0.1) is 0 Å². The zero-order valence-corrected chi connectivity index (χ0v) is 22.6. The number of hydrogen-bond donors (Lipinski definition) is 2. The highest BCUT2D eigenvalue weighted by atomic mass is 32.2. The van der Waals surface area contributed by atoms with Crippen molar-refractivity contribution in [2.24, 2.45) is 0 Å². The number of carbonyl (C=O) groups is 3. The summed E-state index contributed by atoms with van der Waals surface area (Å²) in [6, 6.07) is 16.4. The molecule has 1 saturated heterocycles. The number of thioether (sulfide) groups is 2. The lowest BCUT2D eigenvalue weighted by Crippen LogP contribution is -2.71. The number of carboxylic acid groups (broad SMARTS) is 1. The predicted molar refractivity (Wildman–Crippen MR) is 150 cm³/mol. The van der Waals surface area contributed by atoms with Gasteiger partial charge in [-0.05, 0) is 29.5 Å². The third kappa shape index (κ3) is 5.69. The summed E-state index contributed by atoms with van der Waals surface area (Å²) >= 11 is 3.12. The van der Waals surface area contributed by atoms with Crippen LogP contribution in [0.1, 0.15) is 12.5 Å². The van der Waals surface area contributed by atoms with Gasteiger partial charge in [0, 0.05) is 34.1 Å². The van der Waals surface area contributed by atoms with Gasteiger partial charge in [-0.25, -0.2) is 9.59 Å². The summed E-state index contributed by atoms with van der Waals surface area (Å²) in [7, 11) is 0. The van der Waals surface area contributed by atoms with Crippen LogP contribution < -0.4 is 15.7 Å². The van der Waals surface area contributed by atoms with E-state index in [9.17, 15) is 24.3 Å². The van der Waals surface area contributed by atoms with Gasteiger partial charge < -0.3 is 19.6 Å². The number of nitrogens with one attached hydrogen (secondary N) is 1. The van der Waals surface area contributed by atoms with Crippen molar-refractivity contribution in [3.8, 4) is 5.75 Å². The minimum absolute atomic E-state index is 0.0618.